The van der Waals surface area contributed by atoms with Crippen LogP contribution < -0.4 is 10.5 Å². The van der Waals surface area contributed by atoms with Crippen molar-refractivity contribution in [3.05, 3.63) is 53.5 Å². The fraction of sp³-hybridized carbons (Fsp3) is 0.214. The topological polar surface area (TPSA) is 48.1 Å². The molecule has 2 N–H and O–H groups in total. The third kappa shape index (κ3) is 3.05. The van der Waals surface area contributed by atoms with Crippen molar-refractivity contribution in [1.82, 2.24) is 4.98 Å². The van der Waals surface area contributed by atoms with Crippen LogP contribution in [0.1, 0.15) is 11.1 Å². The quantitative estimate of drug-likeness (QED) is 0.902. The Morgan fingerprint density at radius 3 is 2.61 bits per heavy atom. The minimum atomic E-state index is -0.287. The smallest absolute Gasteiger partial charge is 0.222 e. The molecule has 0 unspecified atom stereocenters. The van der Waals surface area contributed by atoms with Crippen molar-refractivity contribution in [2.75, 3.05) is 6.54 Å². The lowest BCUT2D eigenvalue weighted by molar-refractivity contribution is 0.457. The van der Waals surface area contributed by atoms with Crippen LogP contribution in [0.25, 0.3) is 0 Å². The molecule has 1 aromatic heterocycles. The number of aromatic nitrogens is 1. The zero-order chi connectivity index (χ0) is 13.0. The molecule has 0 amide bonds. The summed E-state index contributed by atoms with van der Waals surface area (Å²) in [5.74, 6) is 0.811. The zero-order valence-corrected chi connectivity index (χ0v) is 10.2. The van der Waals surface area contributed by atoms with Crippen molar-refractivity contribution in [1.29, 1.82) is 0 Å². The number of rotatable bonds is 4. The van der Waals surface area contributed by atoms with Crippen molar-refractivity contribution in [3.8, 4) is 11.6 Å². The van der Waals surface area contributed by atoms with Crippen LogP contribution in [0.3, 0.4) is 0 Å². The highest BCUT2D eigenvalue weighted by Crippen LogP contribution is 2.23. The van der Waals surface area contributed by atoms with Crippen molar-refractivity contribution in [3.63, 3.8) is 0 Å². The molecule has 0 fully saturated rings. The maximum Gasteiger partial charge on any atom is 0.222 e. The first-order valence-electron chi connectivity index (χ1n) is 5.78. The summed E-state index contributed by atoms with van der Waals surface area (Å²) < 4.78 is 18.3. The van der Waals surface area contributed by atoms with E-state index in [2.05, 4.69) is 4.98 Å². The Morgan fingerprint density at radius 2 is 2.00 bits per heavy atom. The lowest BCUT2D eigenvalue weighted by Gasteiger charge is -2.08. The number of hydrogen-bond donors (Lipinski definition) is 1. The van der Waals surface area contributed by atoms with Gasteiger partial charge >= 0.3 is 0 Å². The van der Waals surface area contributed by atoms with E-state index in [1.807, 2.05) is 13.0 Å². The summed E-state index contributed by atoms with van der Waals surface area (Å²) in [6.45, 7) is 2.52. The molecule has 0 aliphatic rings. The van der Waals surface area contributed by atoms with E-state index in [0.29, 0.717) is 18.2 Å². The Labute approximate surface area is 105 Å². The first-order chi connectivity index (χ1) is 8.69. The molecule has 0 saturated carbocycles. The minimum absolute atomic E-state index is 0.287. The lowest BCUT2D eigenvalue weighted by Crippen LogP contribution is -2.03. The summed E-state index contributed by atoms with van der Waals surface area (Å²) in [6, 6.07) is 7.86. The minimum Gasteiger partial charge on any atom is -0.439 e. The number of halogens is 1. The molecule has 94 valence electrons. The number of nitrogens with two attached hydrogens (primary N) is 1. The normalized spacial score (nSPS) is 10.4. The third-order valence-corrected chi connectivity index (χ3v) is 2.55. The molecule has 18 heavy (non-hydrogen) atoms. The highest BCUT2D eigenvalue weighted by atomic mass is 19.1. The monoisotopic (exact) mass is 246 g/mol. The molecule has 1 aromatic carbocycles. The maximum absolute atomic E-state index is 12.8. The number of benzene rings is 1. The second kappa shape index (κ2) is 5.60. The van der Waals surface area contributed by atoms with Crippen molar-refractivity contribution >= 4 is 0 Å². The Bertz CT molecular complexity index is 526. The number of nitrogens with zero attached hydrogens (tertiary/aromatic N) is 1. The first-order valence-corrected chi connectivity index (χ1v) is 5.78. The van der Waals surface area contributed by atoms with Gasteiger partial charge in [0.25, 0.3) is 0 Å². The highest BCUT2D eigenvalue weighted by Gasteiger charge is 2.04. The molecule has 0 aliphatic carbocycles. The molecule has 3 nitrogen and oxygen atoms in total. The Hall–Kier alpha value is -1.94. The standard InChI is InChI=1S/C14H15FN2O/c1-10-8-11(6-7-16)9-17-14(10)18-13-4-2-12(15)3-5-13/h2-5,8-9H,6-7,16H2,1H3. The molecule has 0 radical (unpaired) electrons. The Balaban J connectivity index is 2.16. The van der Waals surface area contributed by atoms with Crippen LogP contribution in [0.15, 0.2) is 36.5 Å². The molecular formula is C14H15FN2O. The largest absolute Gasteiger partial charge is 0.439 e. The second-order valence-corrected chi connectivity index (χ2v) is 4.06. The number of hydrogen-bond acceptors (Lipinski definition) is 3. The van der Waals surface area contributed by atoms with E-state index in [0.717, 1.165) is 17.5 Å². The van der Waals surface area contributed by atoms with Crippen molar-refractivity contribution in [2.45, 2.75) is 13.3 Å². The van der Waals surface area contributed by atoms with Crippen LogP contribution in [0.5, 0.6) is 11.6 Å². The SMILES string of the molecule is Cc1cc(CCN)cnc1Oc1ccc(F)cc1. The van der Waals surface area contributed by atoms with Crippen LogP contribution >= 0.6 is 0 Å². The summed E-state index contributed by atoms with van der Waals surface area (Å²) in [6.07, 6.45) is 2.55. The van der Waals surface area contributed by atoms with E-state index in [4.69, 9.17) is 10.5 Å². The van der Waals surface area contributed by atoms with Gasteiger partial charge in [-0.25, -0.2) is 9.37 Å². The van der Waals surface area contributed by atoms with Crippen LogP contribution in [0.4, 0.5) is 4.39 Å². The summed E-state index contributed by atoms with van der Waals surface area (Å²) in [4.78, 5) is 4.24. The number of ether oxygens (including phenoxy) is 1. The fourth-order valence-corrected chi connectivity index (χ4v) is 1.64. The van der Waals surface area contributed by atoms with Gasteiger partial charge in [-0.3, -0.25) is 0 Å². The average Bonchev–Trinajstić information content (AvgIpc) is 2.36. The lowest BCUT2D eigenvalue weighted by atomic mass is 10.1. The van der Waals surface area contributed by atoms with Crippen LogP contribution in [-0.2, 0) is 6.42 Å². The van der Waals surface area contributed by atoms with Crippen molar-refractivity contribution < 1.29 is 9.13 Å². The highest BCUT2D eigenvalue weighted by molar-refractivity contribution is 5.33. The molecule has 1 heterocycles. The number of aryl methyl sites for hydroxylation is 1. The summed E-state index contributed by atoms with van der Waals surface area (Å²) in [5, 5.41) is 0. The molecule has 2 rings (SSSR count). The molecule has 4 heteroatoms. The zero-order valence-electron chi connectivity index (χ0n) is 10.2. The molecule has 2 aromatic rings. The van der Waals surface area contributed by atoms with Crippen LogP contribution in [0, 0.1) is 12.7 Å². The van der Waals surface area contributed by atoms with Gasteiger partial charge in [0, 0.05) is 11.8 Å². The van der Waals surface area contributed by atoms with E-state index in [1.165, 1.54) is 12.1 Å². The van der Waals surface area contributed by atoms with E-state index < -0.39 is 0 Å². The van der Waals surface area contributed by atoms with Gasteiger partial charge in [-0.1, -0.05) is 0 Å². The fourth-order valence-electron chi connectivity index (χ4n) is 1.64. The first kappa shape index (κ1) is 12.5. The van der Waals surface area contributed by atoms with E-state index >= 15 is 0 Å². The third-order valence-electron chi connectivity index (χ3n) is 2.55. The van der Waals surface area contributed by atoms with E-state index in [1.54, 1.807) is 18.3 Å². The molecule has 0 saturated heterocycles. The Kier molecular flexibility index (Phi) is 3.89. The van der Waals surface area contributed by atoms with Gasteiger partial charge in [0.1, 0.15) is 11.6 Å². The van der Waals surface area contributed by atoms with Gasteiger partial charge in [-0.05, 0) is 55.8 Å². The van der Waals surface area contributed by atoms with Gasteiger partial charge in [-0.15, -0.1) is 0 Å². The van der Waals surface area contributed by atoms with Gasteiger partial charge < -0.3 is 10.5 Å². The van der Waals surface area contributed by atoms with Gasteiger partial charge in [0.2, 0.25) is 5.88 Å². The predicted octanol–water partition coefficient (Wildman–Crippen LogP) is 2.82. The van der Waals surface area contributed by atoms with Gasteiger partial charge in [-0.2, -0.15) is 0 Å². The molecule has 0 bridgehead atoms. The van der Waals surface area contributed by atoms with Crippen LogP contribution in [0.2, 0.25) is 0 Å². The summed E-state index contributed by atoms with van der Waals surface area (Å²) in [5.41, 5.74) is 7.51. The second-order valence-electron chi connectivity index (χ2n) is 4.06. The van der Waals surface area contributed by atoms with Crippen molar-refractivity contribution in [2.24, 2.45) is 5.73 Å². The van der Waals surface area contributed by atoms with Crippen LogP contribution in [-0.4, -0.2) is 11.5 Å². The average molecular weight is 246 g/mol. The molecule has 0 atom stereocenters. The molecular weight excluding hydrogens is 231 g/mol. The molecule has 0 spiro atoms. The van der Waals surface area contributed by atoms with E-state index in [-0.39, 0.29) is 5.82 Å². The maximum atomic E-state index is 12.8. The predicted molar refractivity (Wildman–Crippen MR) is 68.2 cm³/mol. The van der Waals surface area contributed by atoms with E-state index in [9.17, 15) is 4.39 Å². The molecule has 0 aliphatic heterocycles. The summed E-state index contributed by atoms with van der Waals surface area (Å²) in [7, 11) is 0. The van der Waals surface area contributed by atoms with Gasteiger partial charge in [0.05, 0.1) is 0 Å². The van der Waals surface area contributed by atoms with Gasteiger partial charge in [0.15, 0.2) is 0 Å². The number of pyridine rings is 1. The Morgan fingerprint density at radius 1 is 1.28 bits per heavy atom. The summed E-state index contributed by atoms with van der Waals surface area (Å²) >= 11 is 0.